The van der Waals surface area contributed by atoms with Crippen LogP contribution in [-0.4, -0.2) is 18.0 Å². The normalized spacial score (nSPS) is 11.8. The van der Waals surface area contributed by atoms with Crippen LogP contribution >= 0.6 is 0 Å². The maximum absolute atomic E-state index is 12.0. The first-order valence-corrected chi connectivity index (χ1v) is 7.04. The molecule has 0 fully saturated rings. The summed E-state index contributed by atoms with van der Waals surface area (Å²) in [7, 11) is 0. The molecule has 0 aliphatic carbocycles. The molecule has 114 valence electrons. The van der Waals surface area contributed by atoms with Crippen LogP contribution in [0.15, 0.2) is 60.7 Å². The van der Waals surface area contributed by atoms with Crippen molar-refractivity contribution in [1.82, 2.24) is 10.6 Å². The highest BCUT2D eigenvalue weighted by Gasteiger charge is 2.18. The summed E-state index contributed by atoms with van der Waals surface area (Å²) in [6, 6.07) is 17.5. The third-order valence-corrected chi connectivity index (χ3v) is 3.19. The van der Waals surface area contributed by atoms with E-state index in [0.717, 1.165) is 11.1 Å². The summed E-state index contributed by atoms with van der Waals surface area (Å²) >= 11 is 0. The quantitative estimate of drug-likeness (QED) is 0.806. The molecule has 0 bridgehead atoms. The smallest absolute Gasteiger partial charge is 0.322 e. The van der Waals surface area contributed by atoms with E-state index in [9.17, 15) is 9.59 Å². The number of benzene rings is 2. The van der Waals surface area contributed by atoms with Crippen LogP contribution in [0.5, 0.6) is 0 Å². The van der Waals surface area contributed by atoms with E-state index in [1.54, 1.807) is 0 Å². The number of nitrogens with two attached hydrogens (primary N) is 1. The van der Waals surface area contributed by atoms with Gasteiger partial charge in [0.1, 0.15) is 0 Å². The molecule has 5 heteroatoms. The van der Waals surface area contributed by atoms with Crippen molar-refractivity contribution in [2.45, 2.75) is 19.0 Å². The molecule has 0 aliphatic heterocycles. The minimum atomic E-state index is -0.738. The first kappa shape index (κ1) is 15.7. The molecule has 0 aliphatic rings. The zero-order chi connectivity index (χ0) is 15.9. The van der Waals surface area contributed by atoms with E-state index in [2.05, 4.69) is 10.6 Å². The number of hydrogen-bond acceptors (Lipinski definition) is 3. The third-order valence-electron chi connectivity index (χ3n) is 3.19. The number of hydrogen-bond donors (Lipinski definition) is 3. The highest BCUT2D eigenvalue weighted by molar-refractivity contribution is 5.96. The van der Waals surface area contributed by atoms with Gasteiger partial charge in [-0.25, -0.2) is 4.79 Å². The summed E-state index contributed by atoms with van der Waals surface area (Å²) < 4.78 is 0. The van der Waals surface area contributed by atoms with E-state index < -0.39 is 18.0 Å². The number of nitrogens with one attached hydrogen (secondary N) is 2. The number of imide groups is 1. The van der Waals surface area contributed by atoms with Gasteiger partial charge < -0.3 is 11.1 Å². The van der Waals surface area contributed by atoms with Gasteiger partial charge in [0.2, 0.25) is 5.91 Å². The Morgan fingerprint density at radius 1 is 0.909 bits per heavy atom. The maximum atomic E-state index is 12.0. The van der Waals surface area contributed by atoms with E-state index in [0.29, 0.717) is 0 Å². The predicted octanol–water partition coefficient (Wildman–Crippen LogP) is 1.95. The van der Waals surface area contributed by atoms with Crippen LogP contribution in [0.25, 0.3) is 0 Å². The Balaban J connectivity index is 2.19. The molecule has 1 atom stereocenters. The lowest BCUT2D eigenvalue weighted by Crippen LogP contribution is -2.47. The lowest BCUT2D eigenvalue weighted by molar-refractivity contribution is -0.120. The Kier molecular flexibility index (Phi) is 5.27. The number of carbonyl (C=O) groups excluding carboxylic acids is 2. The summed E-state index contributed by atoms with van der Waals surface area (Å²) in [4.78, 5) is 23.5. The number of carbonyl (C=O) groups is 2. The zero-order valence-electron chi connectivity index (χ0n) is 12.3. The summed E-state index contributed by atoms with van der Waals surface area (Å²) in [5, 5.41) is 5.04. The van der Waals surface area contributed by atoms with Crippen molar-refractivity contribution in [3.05, 3.63) is 71.8 Å². The van der Waals surface area contributed by atoms with Gasteiger partial charge in [-0.05, 0) is 18.1 Å². The van der Waals surface area contributed by atoms with Gasteiger partial charge in [-0.15, -0.1) is 0 Å². The molecule has 0 aromatic heterocycles. The fourth-order valence-electron chi connectivity index (χ4n) is 2.04. The summed E-state index contributed by atoms with van der Waals surface area (Å²) in [6.45, 7) is 1.52. The van der Waals surface area contributed by atoms with Crippen LogP contribution in [0, 0.1) is 0 Å². The molecule has 0 heterocycles. The maximum Gasteiger partial charge on any atom is 0.322 e. The van der Waals surface area contributed by atoms with Crippen molar-refractivity contribution >= 4 is 11.9 Å². The Morgan fingerprint density at radius 2 is 1.36 bits per heavy atom. The van der Waals surface area contributed by atoms with Crippen molar-refractivity contribution in [2.75, 3.05) is 0 Å². The first-order chi connectivity index (χ1) is 10.6. The van der Waals surface area contributed by atoms with Crippen molar-refractivity contribution in [3.8, 4) is 0 Å². The van der Waals surface area contributed by atoms with Gasteiger partial charge in [-0.3, -0.25) is 10.1 Å². The molecule has 0 radical (unpaired) electrons. The Morgan fingerprint density at radius 3 is 1.77 bits per heavy atom. The Hall–Kier alpha value is -2.66. The zero-order valence-corrected chi connectivity index (χ0v) is 12.3. The summed E-state index contributed by atoms with van der Waals surface area (Å²) in [6.07, 6.45) is 0. The van der Waals surface area contributed by atoms with Crippen LogP contribution in [-0.2, 0) is 4.79 Å². The molecule has 2 aromatic rings. The molecular formula is C17H19N3O2. The molecule has 0 saturated carbocycles. The minimum absolute atomic E-state index is 0.344. The van der Waals surface area contributed by atoms with Crippen LogP contribution in [0.4, 0.5) is 4.79 Å². The first-order valence-electron chi connectivity index (χ1n) is 7.04. The summed E-state index contributed by atoms with van der Waals surface area (Å²) in [5.41, 5.74) is 7.30. The molecule has 4 N–H and O–H groups in total. The van der Waals surface area contributed by atoms with Gasteiger partial charge in [-0.2, -0.15) is 0 Å². The van der Waals surface area contributed by atoms with Crippen molar-refractivity contribution < 1.29 is 9.59 Å². The average molecular weight is 297 g/mol. The number of urea groups is 1. The van der Waals surface area contributed by atoms with E-state index in [1.807, 2.05) is 60.7 Å². The Bertz CT molecular complexity index is 587. The third kappa shape index (κ3) is 4.17. The molecular weight excluding hydrogens is 278 g/mol. The van der Waals surface area contributed by atoms with Crippen LogP contribution in [0.3, 0.4) is 0 Å². The fourth-order valence-corrected chi connectivity index (χ4v) is 2.04. The molecule has 3 amide bonds. The van der Waals surface area contributed by atoms with Gasteiger partial charge in [0.15, 0.2) is 0 Å². The monoisotopic (exact) mass is 297 g/mol. The second-order valence-corrected chi connectivity index (χ2v) is 5.01. The van der Waals surface area contributed by atoms with E-state index in [-0.39, 0.29) is 6.04 Å². The van der Waals surface area contributed by atoms with Gasteiger partial charge in [0.25, 0.3) is 0 Å². The van der Waals surface area contributed by atoms with Crippen LogP contribution in [0.1, 0.15) is 24.1 Å². The second kappa shape index (κ2) is 7.38. The molecule has 5 nitrogen and oxygen atoms in total. The lowest BCUT2D eigenvalue weighted by Gasteiger charge is -2.20. The number of rotatable bonds is 4. The van der Waals surface area contributed by atoms with Gasteiger partial charge in [-0.1, -0.05) is 60.7 Å². The topological polar surface area (TPSA) is 84.2 Å². The SMILES string of the molecule is CC(N)C(=O)NC(=O)NC(c1ccccc1)c1ccccc1. The Labute approximate surface area is 129 Å². The summed E-state index contributed by atoms with van der Waals surface area (Å²) in [5.74, 6) is -0.516. The second-order valence-electron chi connectivity index (χ2n) is 5.01. The highest BCUT2D eigenvalue weighted by atomic mass is 16.2. The van der Waals surface area contributed by atoms with Crippen molar-refractivity contribution in [1.29, 1.82) is 0 Å². The highest BCUT2D eigenvalue weighted by Crippen LogP contribution is 2.21. The van der Waals surface area contributed by atoms with Gasteiger partial charge in [0, 0.05) is 0 Å². The van der Waals surface area contributed by atoms with Gasteiger partial charge >= 0.3 is 6.03 Å². The van der Waals surface area contributed by atoms with Crippen LogP contribution < -0.4 is 16.4 Å². The molecule has 22 heavy (non-hydrogen) atoms. The molecule has 0 spiro atoms. The lowest BCUT2D eigenvalue weighted by atomic mass is 9.99. The predicted molar refractivity (Wildman–Crippen MR) is 85.1 cm³/mol. The van der Waals surface area contributed by atoms with Gasteiger partial charge in [0.05, 0.1) is 12.1 Å². The largest absolute Gasteiger partial charge is 0.327 e. The fraction of sp³-hybridized carbons (Fsp3) is 0.176. The molecule has 2 aromatic carbocycles. The average Bonchev–Trinajstić information content (AvgIpc) is 2.54. The van der Waals surface area contributed by atoms with E-state index >= 15 is 0 Å². The van der Waals surface area contributed by atoms with Crippen molar-refractivity contribution in [2.24, 2.45) is 5.73 Å². The van der Waals surface area contributed by atoms with Crippen molar-refractivity contribution in [3.63, 3.8) is 0 Å². The van der Waals surface area contributed by atoms with E-state index in [1.165, 1.54) is 6.92 Å². The van der Waals surface area contributed by atoms with Crippen LogP contribution in [0.2, 0.25) is 0 Å². The molecule has 0 saturated heterocycles. The molecule has 2 rings (SSSR count). The standard InChI is InChI=1S/C17H19N3O2/c1-12(18)16(21)20-17(22)19-15(13-8-4-2-5-9-13)14-10-6-3-7-11-14/h2-12,15H,18H2,1H3,(H2,19,20,21,22). The van der Waals surface area contributed by atoms with E-state index in [4.69, 9.17) is 5.73 Å². The minimum Gasteiger partial charge on any atom is -0.327 e. The molecule has 1 unspecified atom stereocenters. The number of amides is 3.